The van der Waals surface area contributed by atoms with Gasteiger partial charge in [-0.15, -0.1) is 0 Å². The SMILES string of the molecule is OCc1ccnc(OCc2ccc3c(c2)OCO3)c1F. The van der Waals surface area contributed by atoms with Gasteiger partial charge in [-0.2, -0.15) is 0 Å². The highest BCUT2D eigenvalue weighted by molar-refractivity contribution is 5.44. The van der Waals surface area contributed by atoms with E-state index in [1.54, 1.807) is 18.2 Å². The van der Waals surface area contributed by atoms with Crippen LogP contribution in [0.25, 0.3) is 0 Å². The van der Waals surface area contributed by atoms with Crippen LogP contribution < -0.4 is 14.2 Å². The number of hydrogen-bond donors (Lipinski definition) is 1. The molecule has 0 radical (unpaired) electrons. The quantitative estimate of drug-likeness (QED) is 0.926. The van der Waals surface area contributed by atoms with E-state index in [0.29, 0.717) is 11.5 Å². The summed E-state index contributed by atoms with van der Waals surface area (Å²) in [6, 6.07) is 6.76. The molecule has 1 aliphatic heterocycles. The molecule has 0 unspecified atom stereocenters. The molecule has 1 N–H and O–H groups in total. The molecule has 0 bridgehead atoms. The summed E-state index contributed by atoms with van der Waals surface area (Å²) in [4.78, 5) is 3.81. The second kappa shape index (κ2) is 5.34. The molecule has 6 heteroatoms. The van der Waals surface area contributed by atoms with Crippen LogP contribution in [0.3, 0.4) is 0 Å². The number of rotatable bonds is 4. The monoisotopic (exact) mass is 277 g/mol. The summed E-state index contributed by atoms with van der Waals surface area (Å²) in [5.74, 6) is 0.550. The molecule has 0 saturated heterocycles. The number of benzene rings is 1. The molecule has 1 aromatic heterocycles. The molecule has 3 rings (SSSR count). The van der Waals surface area contributed by atoms with Crippen LogP contribution in [0.2, 0.25) is 0 Å². The van der Waals surface area contributed by atoms with Crippen molar-refractivity contribution >= 4 is 0 Å². The molecular formula is C14H12FNO4. The lowest BCUT2D eigenvalue weighted by Crippen LogP contribution is -2.02. The van der Waals surface area contributed by atoms with Crippen molar-refractivity contribution in [2.24, 2.45) is 0 Å². The van der Waals surface area contributed by atoms with E-state index in [1.165, 1.54) is 12.3 Å². The Morgan fingerprint density at radius 3 is 2.95 bits per heavy atom. The number of nitrogens with zero attached hydrogens (tertiary/aromatic N) is 1. The fraction of sp³-hybridized carbons (Fsp3) is 0.214. The average Bonchev–Trinajstić information content (AvgIpc) is 2.93. The summed E-state index contributed by atoms with van der Waals surface area (Å²) < 4.78 is 29.6. The number of pyridine rings is 1. The van der Waals surface area contributed by atoms with Crippen molar-refractivity contribution in [2.75, 3.05) is 6.79 Å². The van der Waals surface area contributed by atoms with Crippen LogP contribution in [0.4, 0.5) is 4.39 Å². The highest BCUT2D eigenvalue weighted by atomic mass is 19.1. The molecule has 0 atom stereocenters. The third kappa shape index (κ3) is 2.37. The van der Waals surface area contributed by atoms with Crippen LogP contribution in [-0.4, -0.2) is 16.9 Å². The third-order valence-electron chi connectivity index (χ3n) is 2.92. The van der Waals surface area contributed by atoms with Crippen LogP contribution in [-0.2, 0) is 13.2 Å². The Balaban J connectivity index is 1.73. The van der Waals surface area contributed by atoms with Crippen LogP contribution in [0.5, 0.6) is 17.4 Å². The van der Waals surface area contributed by atoms with Crippen molar-refractivity contribution in [3.63, 3.8) is 0 Å². The standard InChI is InChI=1S/C14H12FNO4/c15-13-10(6-17)3-4-16-14(13)18-7-9-1-2-11-12(5-9)20-8-19-11/h1-5,17H,6-8H2. The highest BCUT2D eigenvalue weighted by Gasteiger charge is 2.14. The molecule has 1 aliphatic rings. The number of aliphatic hydroxyl groups excluding tert-OH is 1. The van der Waals surface area contributed by atoms with Crippen LogP contribution >= 0.6 is 0 Å². The van der Waals surface area contributed by atoms with Gasteiger partial charge in [0.25, 0.3) is 5.88 Å². The molecule has 5 nitrogen and oxygen atoms in total. The number of aliphatic hydroxyl groups is 1. The number of aromatic nitrogens is 1. The highest BCUT2D eigenvalue weighted by Crippen LogP contribution is 2.32. The zero-order valence-corrected chi connectivity index (χ0v) is 10.5. The Labute approximate surface area is 114 Å². The number of hydrogen-bond acceptors (Lipinski definition) is 5. The fourth-order valence-electron chi connectivity index (χ4n) is 1.87. The first-order chi connectivity index (χ1) is 9.78. The van der Waals surface area contributed by atoms with Crippen LogP contribution in [0, 0.1) is 5.82 Å². The van der Waals surface area contributed by atoms with Crippen molar-refractivity contribution in [1.29, 1.82) is 0 Å². The molecule has 0 amide bonds. The molecular weight excluding hydrogens is 265 g/mol. The van der Waals surface area contributed by atoms with Gasteiger partial charge in [0.1, 0.15) is 6.61 Å². The Kier molecular flexibility index (Phi) is 3.39. The van der Waals surface area contributed by atoms with Gasteiger partial charge in [-0.3, -0.25) is 0 Å². The zero-order valence-electron chi connectivity index (χ0n) is 10.5. The van der Waals surface area contributed by atoms with E-state index in [2.05, 4.69) is 4.98 Å². The topological polar surface area (TPSA) is 60.8 Å². The van der Waals surface area contributed by atoms with Gasteiger partial charge in [-0.1, -0.05) is 6.07 Å². The van der Waals surface area contributed by atoms with Crippen molar-refractivity contribution in [2.45, 2.75) is 13.2 Å². The maximum atomic E-state index is 13.8. The Hall–Kier alpha value is -2.34. The van der Waals surface area contributed by atoms with E-state index < -0.39 is 12.4 Å². The predicted molar refractivity (Wildman–Crippen MR) is 67.0 cm³/mol. The minimum Gasteiger partial charge on any atom is -0.471 e. The summed E-state index contributed by atoms with van der Waals surface area (Å²) in [6.07, 6.45) is 1.39. The minimum atomic E-state index is -0.643. The second-order valence-electron chi connectivity index (χ2n) is 4.22. The molecule has 0 aliphatic carbocycles. The van der Waals surface area contributed by atoms with Crippen molar-refractivity contribution < 1.29 is 23.7 Å². The lowest BCUT2D eigenvalue weighted by molar-refractivity contribution is 0.174. The van der Waals surface area contributed by atoms with Gasteiger partial charge in [-0.25, -0.2) is 9.37 Å². The van der Waals surface area contributed by atoms with Gasteiger partial charge < -0.3 is 19.3 Å². The number of fused-ring (bicyclic) bond motifs is 1. The Morgan fingerprint density at radius 2 is 2.10 bits per heavy atom. The largest absolute Gasteiger partial charge is 0.471 e. The van der Waals surface area contributed by atoms with E-state index in [4.69, 9.17) is 19.3 Å². The maximum absolute atomic E-state index is 13.8. The molecule has 2 aromatic rings. The van der Waals surface area contributed by atoms with Gasteiger partial charge in [0.15, 0.2) is 17.3 Å². The molecule has 0 saturated carbocycles. The first-order valence-corrected chi connectivity index (χ1v) is 6.03. The van der Waals surface area contributed by atoms with E-state index in [0.717, 1.165) is 5.56 Å². The summed E-state index contributed by atoms with van der Waals surface area (Å²) in [6.45, 7) is -0.0431. The molecule has 0 spiro atoms. The van der Waals surface area contributed by atoms with Crippen molar-refractivity contribution in [3.05, 3.63) is 47.4 Å². The maximum Gasteiger partial charge on any atom is 0.251 e. The van der Waals surface area contributed by atoms with E-state index in [-0.39, 0.29) is 24.8 Å². The van der Waals surface area contributed by atoms with Gasteiger partial charge in [0, 0.05) is 11.8 Å². The summed E-state index contributed by atoms with van der Waals surface area (Å²) in [7, 11) is 0. The van der Waals surface area contributed by atoms with Crippen molar-refractivity contribution in [1.82, 2.24) is 4.98 Å². The third-order valence-corrected chi connectivity index (χ3v) is 2.92. The summed E-state index contributed by atoms with van der Waals surface area (Å²) in [5.41, 5.74) is 0.963. The number of ether oxygens (including phenoxy) is 3. The van der Waals surface area contributed by atoms with Crippen LogP contribution in [0.15, 0.2) is 30.5 Å². The van der Waals surface area contributed by atoms with Gasteiger partial charge >= 0.3 is 0 Å². The lowest BCUT2D eigenvalue weighted by Gasteiger charge is -2.08. The van der Waals surface area contributed by atoms with E-state index >= 15 is 0 Å². The van der Waals surface area contributed by atoms with E-state index in [9.17, 15) is 4.39 Å². The molecule has 104 valence electrons. The number of halogens is 1. The lowest BCUT2D eigenvalue weighted by atomic mass is 10.2. The normalized spacial score (nSPS) is 12.5. The van der Waals surface area contributed by atoms with E-state index in [1.807, 2.05) is 0 Å². The van der Waals surface area contributed by atoms with Gasteiger partial charge in [0.2, 0.25) is 6.79 Å². The first kappa shape index (κ1) is 12.7. The van der Waals surface area contributed by atoms with Crippen molar-refractivity contribution in [3.8, 4) is 17.4 Å². The molecule has 1 aromatic carbocycles. The average molecular weight is 277 g/mol. The minimum absolute atomic E-state index is 0.130. The summed E-state index contributed by atoms with van der Waals surface area (Å²) >= 11 is 0. The first-order valence-electron chi connectivity index (χ1n) is 6.03. The second-order valence-corrected chi connectivity index (χ2v) is 4.22. The summed E-state index contributed by atoms with van der Waals surface area (Å²) in [5, 5.41) is 8.98. The smallest absolute Gasteiger partial charge is 0.251 e. The molecule has 2 heterocycles. The fourth-order valence-corrected chi connectivity index (χ4v) is 1.87. The van der Waals surface area contributed by atoms with Gasteiger partial charge in [-0.05, 0) is 23.8 Å². The van der Waals surface area contributed by atoms with Gasteiger partial charge in [0.05, 0.1) is 6.61 Å². The zero-order chi connectivity index (χ0) is 13.9. The Bertz CT molecular complexity index is 633. The Morgan fingerprint density at radius 1 is 1.25 bits per heavy atom. The molecule has 0 fully saturated rings. The molecule has 20 heavy (non-hydrogen) atoms. The van der Waals surface area contributed by atoms with Crippen LogP contribution in [0.1, 0.15) is 11.1 Å². The predicted octanol–water partition coefficient (Wildman–Crippen LogP) is 2.02.